The third-order valence-corrected chi connectivity index (χ3v) is 3.68. The molecule has 0 spiro atoms. The Kier molecular flexibility index (Phi) is 2.83. The van der Waals surface area contributed by atoms with E-state index in [1.165, 1.54) is 0 Å². The van der Waals surface area contributed by atoms with E-state index < -0.39 is 0 Å². The van der Waals surface area contributed by atoms with Crippen LogP contribution in [0.4, 0.5) is 5.69 Å². The molecule has 0 saturated heterocycles. The summed E-state index contributed by atoms with van der Waals surface area (Å²) in [7, 11) is 0. The van der Waals surface area contributed by atoms with Gasteiger partial charge >= 0.3 is 0 Å². The molecule has 2 heterocycles. The van der Waals surface area contributed by atoms with Crippen molar-refractivity contribution < 1.29 is 4.42 Å². The molecule has 0 aliphatic rings. The average molecular weight is 312 g/mol. The van der Waals surface area contributed by atoms with Gasteiger partial charge in [-0.05, 0) is 36.4 Å². The summed E-state index contributed by atoms with van der Waals surface area (Å²) in [6.07, 6.45) is 3.25. The number of halogens is 1. The zero-order valence-corrected chi connectivity index (χ0v) is 12.0. The van der Waals surface area contributed by atoms with Crippen molar-refractivity contribution in [3.8, 4) is 17.1 Å². The van der Waals surface area contributed by atoms with Crippen LogP contribution in [0.3, 0.4) is 0 Å². The zero-order valence-electron chi connectivity index (χ0n) is 11.3. The van der Waals surface area contributed by atoms with E-state index >= 15 is 0 Å². The molecule has 2 N–H and O–H groups in total. The summed E-state index contributed by atoms with van der Waals surface area (Å²) in [5.41, 5.74) is 9.45. The molecule has 0 bridgehead atoms. The molecule has 108 valence electrons. The van der Waals surface area contributed by atoms with E-state index in [1.807, 2.05) is 24.3 Å². The monoisotopic (exact) mass is 311 g/mol. The summed E-state index contributed by atoms with van der Waals surface area (Å²) >= 11 is 5.93. The van der Waals surface area contributed by atoms with Gasteiger partial charge in [-0.1, -0.05) is 11.6 Å². The normalized spacial score (nSPS) is 11.1. The molecule has 0 fully saturated rings. The van der Waals surface area contributed by atoms with Crippen molar-refractivity contribution in [1.82, 2.24) is 19.7 Å². The van der Waals surface area contributed by atoms with Crippen LogP contribution in [0.2, 0.25) is 5.02 Å². The molecular weight excluding hydrogens is 302 g/mol. The Hall–Kier alpha value is -2.86. The van der Waals surface area contributed by atoms with Crippen LogP contribution in [0, 0.1) is 0 Å². The van der Waals surface area contributed by atoms with Gasteiger partial charge in [-0.3, -0.25) is 4.57 Å². The lowest BCUT2D eigenvalue weighted by atomic mass is 10.2. The molecule has 0 saturated carbocycles. The SMILES string of the molecule is Nc1cc(-c2nc3cc(-n4cnnc4)ccc3o2)ccc1Cl. The molecule has 2 aromatic carbocycles. The zero-order chi connectivity index (χ0) is 15.1. The fraction of sp³-hybridized carbons (Fsp3) is 0. The lowest BCUT2D eigenvalue weighted by molar-refractivity contribution is 0.620. The minimum Gasteiger partial charge on any atom is -0.436 e. The maximum atomic E-state index is 5.93. The summed E-state index contributed by atoms with van der Waals surface area (Å²) in [6.45, 7) is 0. The second-order valence-electron chi connectivity index (χ2n) is 4.78. The lowest BCUT2D eigenvalue weighted by Crippen LogP contribution is -1.89. The molecule has 22 heavy (non-hydrogen) atoms. The number of benzene rings is 2. The lowest BCUT2D eigenvalue weighted by Gasteiger charge is -1.99. The quantitative estimate of drug-likeness (QED) is 0.574. The Morgan fingerprint density at radius 3 is 2.64 bits per heavy atom. The van der Waals surface area contributed by atoms with Crippen molar-refractivity contribution in [3.63, 3.8) is 0 Å². The first-order valence-electron chi connectivity index (χ1n) is 6.52. The Bertz CT molecular complexity index is 961. The van der Waals surface area contributed by atoms with Gasteiger partial charge in [0.25, 0.3) is 0 Å². The van der Waals surface area contributed by atoms with Crippen LogP contribution in [0.1, 0.15) is 0 Å². The molecule has 0 radical (unpaired) electrons. The number of hydrogen-bond acceptors (Lipinski definition) is 5. The minimum absolute atomic E-state index is 0.492. The maximum absolute atomic E-state index is 5.93. The van der Waals surface area contributed by atoms with Gasteiger partial charge in [0.15, 0.2) is 5.58 Å². The van der Waals surface area contributed by atoms with Crippen molar-refractivity contribution >= 4 is 28.4 Å². The number of oxazole rings is 1. The molecule has 0 unspecified atom stereocenters. The largest absolute Gasteiger partial charge is 0.436 e. The minimum atomic E-state index is 0.492. The van der Waals surface area contributed by atoms with E-state index in [0.29, 0.717) is 22.2 Å². The van der Waals surface area contributed by atoms with Gasteiger partial charge in [0.1, 0.15) is 18.2 Å². The number of aromatic nitrogens is 4. The number of nitrogens with two attached hydrogens (primary N) is 1. The van der Waals surface area contributed by atoms with Crippen molar-refractivity contribution in [1.29, 1.82) is 0 Å². The standard InChI is InChI=1S/C15H10ClN5O/c16-11-3-1-9(5-12(11)17)15-20-13-6-10(2-4-14(13)22-15)21-7-18-19-8-21/h1-8H,17H2. The van der Waals surface area contributed by atoms with Crippen LogP contribution >= 0.6 is 11.6 Å². The highest BCUT2D eigenvalue weighted by Crippen LogP contribution is 2.29. The van der Waals surface area contributed by atoms with Crippen LogP contribution in [0.5, 0.6) is 0 Å². The first-order valence-corrected chi connectivity index (χ1v) is 6.89. The molecule has 0 aliphatic carbocycles. The highest BCUT2D eigenvalue weighted by atomic mass is 35.5. The first-order chi connectivity index (χ1) is 10.7. The number of anilines is 1. The van der Waals surface area contributed by atoms with Gasteiger partial charge in [-0.2, -0.15) is 0 Å². The fourth-order valence-corrected chi connectivity index (χ4v) is 2.33. The summed E-state index contributed by atoms with van der Waals surface area (Å²) in [6, 6.07) is 11.0. The molecule has 0 aliphatic heterocycles. The Morgan fingerprint density at radius 1 is 1.05 bits per heavy atom. The van der Waals surface area contributed by atoms with Gasteiger partial charge < -0.3 is 10.2 Å². The summed E-state index contributed by atoms with van der Waals surface area (Å²) in [4.78, 5) is 4.50. The number of hydrogen-bond donors (Lipinski definition) is 1. The third-order valence-electron chi connectivity index (χ3n) is 3.33. The van der Waals surface area contributed by atoms with E-state index in [2.05, 4.69) is 15.2 Å². The smallest absolute Gasteiger partial charge is 0.227 e. The second-order valence-corrected chi connectivity index (χ2v) is 5.18. The van der Waals surface area contributed by atoms with E-state index in [0.717, 1.165) is 16.8 Å². The van der Waals surface area contributed by atoms with Crippen LogP contribution in [-0.4, -0.2) is 19.7 Å². The highest BCUT2D eigenvalue weighted by molar-refractivity contribution is 6.33. The topological polar surface area (TPSA) is 82.8 Å². The molecule has 2 aromatic heterocycles. The highest BCUT2D eigenvalue weighted by Gasteiger charge is 2.10. The van der Waals surface area contributed by atoms with Crippen LogP contribution in [0.25, 0.3) is 28.2 Å². The van der Waals surface area contributed by atoms with Crippen molar-refractivity contribution in [3.05, 3.63) is 54.1 Å². The number of nitrogens with zero attached hydrogens (tertiary/aromatic N) is 4. The molecule has 4 rings (SSSR count). The molecule has 7 heteroatoms. The van der Waals surface area contributed by atoms with Crippen molar-refractivity contribution in [2.24, 2.45) is 0 Å². The number of nitrogen functional groups attached to an aromatic ring is 1. The van der Waals surface area contributed by atoms with E-state index in [-0.39, 0.29) is 0 Å². The predicted octanol–water partition coefficient (Wildman–Crippen LogP) is 3.31. The molecular formula is C15H10ClN5O. The van der Waals surface area contributed by atoms with Crippen molar-refractivity contribution in [2.75, 3.05) is 5.73 Å². The van der Waals surface area contributed by atoms with Crippen LogP contribution < -0.4 is 5.73 Å². The maximum Gasteiger partial charge on any atom is 0.227 e. The average Bonchev–Trinajstić information content (AvgIpc) is 3.17. The Balaban J connectivity index is 1.81. The van der Waals surface area contributed by atoms with Gasteiger partial charge in [0, 0.05) is 5.56 Å². The van der Waals surface area contributed by atoms with Crippen LogP contribution in [-0.2, 0) is 0 Å². The summed E-state index contributed by atoms with van der Waals surface area (Å²) in [5.74, 6) is 0.499. The Labute approximate surface area is 130 Å². The number of fused-ring (bicyclic) bond motifs is 1. The first kappa shape index (κ1) is 12.8. The van der Waals surface area contributed by atoms with Crippen LogP contribution in [0.15, 0.2) is 53.5 Å². The molecule has 6 nitrogen and oxygen atoms in total. The third kappa shape index (κ3) is 2.10. The van der Waals surface area contributed by atoms with Crippen molar-refractivity contribution in [2.45, 2.75) is 0 Å². The van der Waals surface area contributed by atoms with Gasteiger partial charge in [-0.25, -0.2) is 4.98 Å². The summed E-state index contributed by atoms with van der Waals surface area (Å²) < 4.78 is 7.57. The summed E-state index contributed by atoms with van der Waals surface area (Å²) in [5, 5.41) is 8.09. The van der Waals surface area contributed by atoms with E-state index in [9.17, 15) is 0 Å². The van der Waals surface area contributed by atoms with E-state index in [4.69, 9.17) is 21.8 Å². The van der Waals surface area contributed by atoms with Gasteiger partial charge in [-0.15, -0.1) is 10.2 Å². The molecule has 0 amide bonds. The Morgan fingerprint density at radius 2 is 1.86 bits per heavy atom. The fourth-order valence-electron chi connectivity index (χ4n) is 2.21. The van der Waals surface area contributed by atoms with Gasteiger partial charge in [0.2, 0.25) is 5.89 Å². The van der Waals surface area contributed by atoms with E-state index in [1.54, 1.807) is 29.4 Å². The second kappa shape index (κ2) is 4.85. The molecule has 0 atom stereocenters. The predicted molar refractivity (Wildman–Crippen MR) is 83.8 cm³/mol. The number of rotatable bonds is 2. The van der Waals surface area contributed by atoms with Gasteiger partial charge in [0.05, 0.1) is 16.4 Å². The molecule has 4 aromatic rings.